The van der Waals surface area contributed by atoms with Gasteiger partial charge in [-0.05, 0) is 81.0 Å². The first-order valence-corrected chi connectivity index (χ1v) is 14.7. The van der Waals surface area contributed by atoms with Gasteiger partial charge < -0.3 is 25.3 Å². The van der Waals surface area contributed by atoms with Crippen molar-refractivity contribution in [2.75, 3.05) is 61.4 Å². The van der Waals surface area contributed by atoms with E-state index in [1.54, 1.807) is 13.4 Å². The first-order chi connectivity index (χ1) is 19.6. The fourth-order valence-electron chi connectivity index (χ4n) is 6.48. The van der Waals surface area contributed by atoms with E-state index in [-0.39, 0.29) is 17.9 Å². The Hall–Kier alpha value is -3.88. The van der Waals surface area contributed by atoms with Crippen LogP contribution in [0, 0.1) is 5.92 Å². The Morgan fingerprint density at radius 1 is 0.800 bits per heavy atom. The zero-order chi connectivity index (χ0) is 27.5. The third-order valence-electron chi connectivity index (χ3n) is 8.89. The molecule has 0 spiro atoms. The number of likely N-dealkylation sites (tertiary alicyclic amines) is 1. The van der Waals surface area contributed by atoms with Gasteiger partial charge in [-0.3, -0.25) is 4.79 Å². The Bertz CT molecular complexity index is 1340. The first-order valence-electron chi connectivity index (χ1n) is 14.7. The maximum atomic E-state index is 13.0. The molecule has 6 rings (SSSR count). The van der Waals surface area contributed by atoms with Crippen LogP contribution in [0.5, 0.6) is 0 Å². The number of hydrogen-bond donors (Lipinski definition) is 2. The van der Waals surface area contributed by atoms with E-state index in [4.69, 9.17) is 4.98 Å². The van der Waals surface area contributed by atoms with E-state index in [0.717, 1.165) is 79.8 Å². The minimum absolute atomic E-state index is 0.0373. The number of carbonyl (C=O) groups excluding carboxylic acids is 2. The smallest absolute Gasteiger partial charge is 0.321 e. The van der Waals surface area contributed by atoms with Gasteiger partial charge in [-0.25, -0.2) is 14.8 Å². The molecule has 3 fully saturated rings. The predicted molar refractivity (Wildman–Crippen MR) is 159 cm³/mol. The summed E-state index contributed by atoms with van der Waals surface area (Å²) in [6, 6.07) is 14.6. The van der Waals surface area contributed by atoms with Gasteiger partial charge in [0.05, 0.1) is 11.2 Å². The average Bonchev–Trinajstić information content (AvgIpc) is 3.56. The van der Waals surface area contributed by atoms with E-state index in [0.29, 0.717) is 19.0 Å². The van der Waals surface area contributed by atoms with Crippen LogP contribution in [0.2, 0.25) is 0 Å². The number of fused-ring (bicyclic) bond motifs is 1. The zero-order valence-electron chi connectivity index (χ0n) is 23.3. The maximum absolute atomic E-state index is 13.0. The van der Waals surface area contributed by atoms with E-state index < -0.39 is 0 Å². The second kappa shape index (κ2) is 11.7. The van der Waals surface area contributed by atoms with Crippen molar-refractivity contribution < 1.29 is 9.59 Å². The van der Waals surface area contributed by atoms with Crippen molar-refractivity contribution in [1.29, 1.82) is 0 Å². The summed E-state index contributed by atoms with van der Waals surface area (Å²) in [5.41, 5.74) is 5.24. The van der Waals surface area contributed by atoms with Crippen LogP contribution >= 0.6 is 0 Å². The highest BCUT2D eigenvalue weighted by Gasteiger charge is 2.27. The molecule has 0 aliphatic carbocycles. The molecule has 3 amide bonds. The lowest BCUT2D eigenvalue weighted by atomic mass is 9.91. The summed E-state index contributed by atoms with van der Waals surface area (Å²) in [6.07, 6.45) is 7.65. The number of anilines is 3. The normalized spacial score (nSPS) is 18.8. The summed E-state index contributed by atoms with van der Waals surface area (Å²) >= 11 is 0. The summed E-state index contributed by atoms with van der Waals surface area (Å²) < 4.78 is 0. The fraction of sp³-hybridized carbons (Fsp3) is 0.484. The van der Waals surface area contributed by atoms with Crippen molar-refractivity contribution in [3.05, 3.63) is 54.5 Å². The molecule has 2 aromatic carbocycles. The third-order valence-corrected chi connectivity index (χ3v) is 8.89. The van der Waals surface area contributed by atoms with E-state index in [1.165, 1.54) is 18.5 Å². The van der Waals surface area contributed by atoms with Crippen LogP contribution in [-0.4, -0.2) is 73.1 Å². The Kier molecular flexibility index (Phi) is 7.71. The number of carbonyl (C=O) groups is 2. The monoisotopic (exact) mass is 541 g/mol. The summed E-state index contributed by atoms with van der Waals surface area (Å²) in [4.78, 5) is 40.9. The minimum Gasteiger partial charge on any atom is -0.372 e. The summed E-state index contributed by atoms with van der Waals surface area (Å²) in [5.74, 6) is 0.540. The molecule has 0 atom stereocenters. The molecule has 0 bridgehead atoms. The molecule has 3 aliphatic heterocycles. The van der Waals surface area contributed by atoms with Crippen molar-refractivity contribution in [3.63, 3.8) is 0 Å². The second-order valence-corrected chi connectivity index (χ2v) is 11.3. The SMILES string of the molecule is CNC(=O)C1CCN(c2ccc3c(C4CCN(C(=O)Nc5ccc(N6CCCC6)cc5)CC4)ncnc3c2)CC1. The Labute approximate surface area is 235 Å². The summed E-state index contributed by atoms with van der Waals surface area (Å²) in [6.45, 7) is 5.36. The van der Waals surface area contributed by atoms with Crippen LogP contribution in [0.1, 0.15) is 50.1 Å². The number of rotatable bonds is 5. The Morgan fingerprint density at radius 2 is 1.48 bits per heavy atom. The fourth-order valence-corrected chi connectivity index (χ4v) is 6.48. The molecule has 9 nitrogen and oxygen atoms in total. The molecule has 0 unspecified atom stereocenters. The lowest BCUT2D eigenvalue weighted by Gasteiger charge is -2.33. The van der Waals surface area contributed by atoms with E-state index in [2.05, 4.69) is 55.7 Å². The van der Waals surface area contributed by atoms with Crippen LogP contribution < -0.4 is 20.4 Å². The van der Waals surface area contributed by atoms with E-state index in [9.17, 15) is 9.59 Å². The molecular weight excluding hydrogens is 502 g/mol. The molecule has 2 N–H and O–H groups in total. The molecule has 3 aliphatic rings. The van der Waals surface area contributed by atoms with Gasteiger partial charge in [0.15, 0.2) is 0 Å². The molecule has 210 valence electrons. The molecular formula is C31H39N7O2. The van der Waals surface area contributed by atoms with Gasteiger partial charge in [0.2, 0.25) is 5.91 Å². The molecule has 3 aromatic rings. The third kappa shape index (κ3) is 5.55. The lowest BCUT2D eigenvalue weighted by Crippen LogP contribution is -2.40. The Morgan fingerprint density at radius 3 is 2.17 bits per heavy atom. The van der Waals surface area contributed by atoms with Crippen molar-refractivity contribution in [2.24, 2.45) is 5.92 Å². The molecule has 0 radical (unpaired) electrons. The van der Waals surface area contributed by atoms with Gasteiger partial charge in [-0.15, -0.1) is 0 Å². The maximum Gasteiger partial charge on any atom is 0.321 e. The quantitative estimate of drug-likeness (QED) is 0.490. The standard InChI is InChI=1S/C31H39N7O2/c1-32-30(39)23-12-16-37(17-13-23)26-8-9-27-28(20-26)33-21-34-29(27)22-10-18-38(19-11-22)31(40)35-24-4-6-25(7-5-24)36-14-2-3-15-36/h4-9,20-23H,2-3,10-19H2,1H3,(H,32,39)(H,35,40). The highest BCUT2D eigenvalue weighted by atomic mass is 16.2. The molecule has 4 heterocycles. The number of nitrogens with zero attached hydrogens (tertiary/aromatic N) is 5. The summed E-state index contributed by atoms with van der Waals surface area (Å²) in [7, 11) is 1.71. The van der Waals surface area contributed by atoms with Crippen LogP contribution in [0.3, 0.4) is 0 Å². The van der Waals surface area contributed by atoms with Gasteiger partial charge in [-0.2, -0.15) is 0 Å². The van der Waals surface area contributed by atoms with Crippen molar-refractivity contribution in [3.8, 4) is 0 Å². The molecule has 9 heteroatoms. The summed E-state index contributed by atoms with van der Waals surface area (Å²) in [5, 5.41) is 6.95. The van der Waals surface area contributed by atoms with Crippen LogP contribution in [0.4, 0.5) is 21.9 Å². The Balaban J connectivity index is 1.06. The molecule has 3 saturated heterocycles. The topological polar surface area (TPSA) is 93.7 Å². The zero-order valence-corrected chi connectivity index (χ0v) is 23.3. The number of urea groups is 1. The van der Waals surface area contributed by atoms with Gasteiger partial charge in [0.25, 0.3) is 0 Å². The molecule has 40 heavy (non-hydrogen) atoms. The number of amides is 3. The van der Waals surface area contributed by atoms with Crippen molar-refractivity contribution in [1.82, 2.24) is 20.2 Å². The van der Waals surface area contributed by atoms with Gasteiger partial charge in [0.1, 0.15) is 6.33 Å². The minimum atomic E-state index is -0.0373. The second-order valence-electron chi connectivity index (χ2n) is 11.3. The van der Waals surface area contributed by atoms with Gasteiger partial charge in [-0.1, -0.05) is 0 Å². The van der Waals surface area contributed by atoms with Crippen LogP contribution in [0.15, 0.2) is 48.8 Å². The first kappa shape index (κ1) is 26.3. The molecule has 1 aromatic heterocycles. The number of nitrogens with one attached hydrogen (secondary N) is 2. The lowest BCUT2D eigenvalue weighted by molar-refractivity contribution is -0.125. The highest BCUT2D eigenvalue weighted by molar-refractivity contribution is 5.90. The highest BCUT2D eigenvalue weighted by Crippen LogP contribution is 2.33. The van der Waals surface area contributed by atoms with E-state index >= 15 is 0 Å². The number of aromatic nitrogens is 2. The number of hydrogen-bond acceptors (Lipinski definition) is 6. The van der Waals surface area contributed by atoms with E-state index in [1.807, 2.05) is 17.0 Å². The van der Waals surface area contributed by atoms with Crippen molar-refractivity contribution in [2.45, 2.75) is 44.4 Å². The number of piperidine rings is 2. The van der Waals surface area contributed by atoms with Crippen LogP contribution in [0.25, 0.3) is 10.9 Å². The van der Waals surface area contributed by atoms with Gasteiger partial charge in [0, 0.05) is 80.6 Å². The number of benzene rings is 2. The molecule has 0 saturated carbocycles. The van der Waals surface area contributed by atoms with Crippen LogP contribution in [-0.2, 0) is 4.79 Å². The predicted octanol–water partition coefficient (Wildman–Crippen LogP) is 4.60. The van der Waals surface area contributed by atoms with Crippen molar-refractivity contribution >= 4 is 39.9 Å². The average molecular weight is 542 g/mol. The van der Waals surface area contributed by atoms with Gasteiger partial charge >= 0.3 is 6.03 Å². The largest absolute Gasteiger partial charge is 0.372 e.